The van der Waals surface area contributed by atoms with E-state index in [4.69, 9.17) is 11.5 Å². The Morgan fingerprint density at radius 1 is 1.54 bits per heavy atom. The third kappa shape index (κ3) is 2.24. The zero-order valence-electron chi connectivity index (χ0n) is 7.01. The molecule has 5 heteroatoms. The molecule has 0 aromatic heterocycles. The second kappa shape index (κ2) is 3.97. The second-order valence-corrected chi connectivity index (χ2v) is 2.69. The molecule has 0 aliphatic carbocycles. The van der Waals surface area contributed by atoms with E-state index in [0.29, 0.717) is 5.56 Å². The van der Waals surface area contributed by atoms with Crippen molar-refractivity contribution in [1.82, 2.24) is 0 Å². The first-order valence-corrected chi connectivity index (χ1v) is 3.85. The molecule has 0 amide bonds. The van der Waals surface area contributed by atoms with Gasteiger partial charge in [0.15, 0.2) is 0 Å². The van der Waals surface area contributed by atoms with Crippen LogP contribution in [0.25, 0.3) is 0 Å². The first-order chi connectivity index (χ1) is 6.15. The van der Waals surface area contributed by atoms with Crippen LogP contribution < -0.4 is 11.5 Å². The molecule has 0 aliphatic rings. The molecule has 13 heavy (non-hydrogen) atoms. The number of nitrogens with zero attached hydrogens (tertiary/aromatic N) is 1. The lowest BCUT2D eigenvalue weighted by Gasteiger charge is -2.07. The zero-order chi connectivity index (χ0) is 9.84. The van der Waals surface area contributed by atoms with E-state index in [1.165, 1.54) is 12.1 Å². The van der Waals surface area contributed by atoms with Crippen molar-refractivity contribution in [2.24, 2.45) is 11.5 Å². The number of non-ortho nitro benzene ring substituents is 1. The first-order valence-electron chi connectivity index (χ1n) is 3.85. The predicted molar refractivity (Wildman–Crippen MR) is 49.1 cm³/mol. The van der Waals surface area contributed by atoms with Gasteiger partial charge in [-0.25, -0.2) is 0 Å². The monoisotopic (exact) mass is 181 g/mol. The molecule has 0 spiro atoms. The Bertz CT molecular complexity index is 314. The van der Waals surface area contributed by atoms with E-state index in [1.807, 2.05) is 0 Å². The van der Waals surface area contributed by atoms with Crippen LogP contribution >= 0.6 is 0 Å². The van der Waals surface area contributed by atoms with Crippen molar-refractivity contribution >= 4 is 5.69 Å². The van der Waals surface area contributed by atoms with Gasteiger partial charge in [-0.1, -0.05) is 12.1 Å². The summed E-state index contributed by atoms with van der Waals surface area (Å²) < 4.78 is 0. The average Bonchev–Trinajstić information content (AvgIpc) is 2.17. The third-order valence-electron chi connectivity index (χ3n) is 1.76. The predicted octanol–water partition coefficient (Wildman–Crippen LogP) is 0.553. The molecule has 0 fully saturated rings. The van der Waals surface area contributed by atoms with Gasteiger partial charge in [-0.05, 0) is 5.56 Å². The van der Waals surface area contributed by atoms with Crippen LogP contribution in [0.4, 0.5) is 5.69 Å². The molecule has 0 radical (unpaired) electrons. The van der Waals surface area contributed by atoms with E-state index in [0.717, 1.165) is 0 Å². The Morgan fingerprint density at radius 2 is 2.23 bits per heavy atom. The van der Waals surface area contributed by atoms with Gasteiger partial charge in [0.1, 0.15) is 0 Å². The molecule has 0 saturated heterocycles. The van der Waals surface area contributed by atoms with Gasteiger partial charge in [-0.15, -0.1) is 0 Å². The van der Waals surface area contributed by atoms with E-state index in [2.05, 4.69) is 0 Å². The lowest BCUT2D eigenvalue weighted by molar-refractivity contribution is -0.384. The highest BCUT2D eigenvalue weighted by molar-refractivity contribution is 5.35. The normalized spacial score (nSPS) is 12.5. The van der Waals surface area contributed by atoms with Gasteiger partial charge in [0.25, 0.3) is 5.69 Å². The summed E-state index contributed by atoms with van der Waals surface area (Å²) in [6, 6.07) is 5.86. The fourth-order valence-electron chi connectivity index (χ4n) is 1.01. The number of hydrogen-bond donors (Lipinski definition) is 2. The Hall–Kier alpha value is -1.46. The fraction of sp³-hybridized carbons (Fsp3) is 0.250. The van der Waals surface area contributed by atoms with Gasteiger partial charge in [-0.2, -0.15) is 0 Å². The average molecular weight is 181 g/mol. The summed E-state index contributed by atoms with van der Waals surface area (Å²) in [7, 11) is 0. The minimum atomic E-state index is -0.452. The van der Waals surface area contributed by atoms with Crippen LogP contribution in [0.2, 0.25) is 0 Å². The topological polar surface area (TPSA) is 95.2 Å². The van der Waals surface area contributed by atoms with E-state index < -0.39 is 4.92 Å². The Balaban J connectivity index is 2.98. The van der Waals surface area contributed by atoms with Gasteiger partial charge in [0, 0.05) is 24.7 Å². The number of nitrogens with two attached hydrogens (primary N) is 2. The third-order valence-corrected chi connectivity index (χ3v) is 1.76. The molecule has 70 valence electrons. The number of rotatable bonds is 3. The van der Waals surface area contributed by atoms with Crippen molar-refractivity contribution in [1.29, 1.82) is 0 Å². The quantitative estimate of drug-likeness (QED) is 0.525. The summed E-state index contributed by atoms with van der Waals surface area (Å²) in [5.74, 6) is 0. The van der Waals surface area contributed by atoms with E-state index in [9.17, 15) is 10.1 Å². The summed E-state index contributed by atoms with van der Waals surface area (Å²) in [6.45, 7) is 0.279. The maximum atomic E-state index is 10.4. The molecule has 0 heterocycles. The molecule has 1 aromatic carbocycles. The fourth-order valence-corrected chi connectivity index (χ4v) is 1.01. The van der Waals surface area contributed by atoms with Gasteiger partial charge < -0.3 is 11.5 Å². The number of nitro groups is 1. The van der Waals surface area contributed by atoms with Gasteiger partial charge in [-0.3, -0.25) is 10.1 Å². The van der Waals surface area contributed by atoms with Gasteiger partial charge >= 0.3 is 0 Å². The van der Waals surface area contributed by atoms with E-state index in [1.54, 1.807) is 12.1 Å². The van der Waals surface area contributed by atoms with Crippen LogP contribution in [-0.2, 0) is 0 Å². The van der Waals surface area contributed by atoms with Crippen LogP contribution in [-0.4, -0.2) is 11.5 Å². The number of nitro benzene ring substituents is 1. The minimum Gasteiger partial charge on any atom is -0.329 e. The number of benzene rings is 1. The summed E-state index contributed by atoms with van der Waals surface area (Å²) in [5, 5.41) is 10.4. The SMILES string of the molecule is NC[C@@H](N)c1cccc([N+](=O)[O-])c1. The highest BCUT2D eigenvalue weighted by atomic mass is 16.6. The largest absolute Gasteiger partial charge is 0.329 e. The standard InChI is InChI=1S/C8H11N3O2/c9-5-8(10)6-2-1-3-7(4-6)11(12)13/h1-4,8H,5,9-10H2/t8-/m1/s1. The van der Waals surface area contributed by atoms with Crippen molar-refractivity contribution in [2.45, 2.75) is 6.04 Å². The molecule has 0 unspecified atom stereocenters. The lowest BCUT2D eigenvalue weighted by atomic mass is 10.1. The minimum absolute atomic E-state index is 0.0430. The highest BCUT2D eigenvalue weighted by Gasteiger charge is 2.09. The molecule has 1 rings (SSSR count). The molecular weight excluding hydrogens is 170 g/mol. The molecule has 0 saturated carbocycles. The van der Waals surface area contributed by atoms with Crippen molar-refractivity contribution in [3.05, 3.63) is 39.9 Å². The van der Waals surface area contributed by atoms with E-state index in [-0.39, 0.29) is 18.3 Å². The summed E-state index contributed by atoms with van der Waals surface area (Å²) >= 11 is 0. The van der Waals surface area contributed by atoms with Crippen molar-refractivity contribution < 1.29 is 4.92 Å². The van der Waals surface area contributed by atoms with Crippen molar-refractivity contribution in [3.8, 4) is 0 Å². The number of hydrogen-bond acceptors (Lipinski definition) is 4. The van der Waals surface area contributed by atoms with Crippen molar-refractivity contribution in [3.63, 3.8) is 0 Å². The van der Waals surface area contributed by atoms with Crippen LogP contribution in [0.3, 0.4) is 0 Å². The molecule has 4 N–H and O–H groups in total. The van der Waals surface area contributed by atoms with Crippen LogP contribution in [0, 0.1) is 10.1 Å². The van der Waals surface area contributed by atoms with Crippen LogP contribution in [0.1, 0.15) is 11.6 Å². The van der Waals surface area contributed by atoms with Crippen molar-refractivity contribution in [2.75, 3.05) is 6.54 Å². The lowest BCUT2D eigenvalue weighted by Crippen LogP contribution is -2.20. The van der Waals surface area contributed by atoms with Crippen LogP contribution in [0.5, 0.6) is 0 Å². The highest BCUT2D eigenvalue weighted by Crippen LogP contribution is 2.16. The van der Waals surface area contributed by atoms with Gasteiger partial charge in [0.05, 0.1) is 4.92 Å². The summed E-state index contributed by atoms with van der Waals surface area (Å²) in [4.78, 5) is 9.95. The molecule has 5 nitrogen and oxygen atoms in total. The van der Waals surface area contributed by atoms with Crippen LogP contribution in [0.15, 0.2) is 24.3 Å². The summed E-state index contributed by atoms with van der Waals surface area (Å²) in [6.07, 6.45) is 0. The zero-order valence-corrected chi connectivity index (χ0v) is 7.01. The second-order valence-electron chi connectivity index (χ2n) is 2.69. The molecule has 0 aliphatic heterocycles. The molecule has 0 bridgehead atoms. The summed E-state index contributed by atoms with van der Waals surface area (Å²) in [5.41, 5.74) is 11.7. The molecule has 1 atom stereocenters. The van der Waals surface area contributed by atoms with E-state index >= 15 is 0 Å². The first kappa shape index (κ1) is 9.63. The Morgan fingerprint density at radius 3 is 2.77 bits per heavy atom. The van der Waals surface area contributed by atoms with Gasteiger partial charge in [0.2, 0.25) is 0 Å². The molecule has 1 aromatic rings. The Kier molecular flexibility index (Phi) is 2.94. The smallest absolute Gasteiger partial charge is 0.269 e. The molecular formula is C8H11N3O2. The Labute approximate surface area is 75.5 Å². The maximum absolute atomic E-state index is 10.4. The maximum Gasteiger partial charge on any atom is 0.269 e.